The minimum Gasteiger partial charge on any atom is -0.496 e. The van der Waals surface area contributed by atoms with Crippen molar-refractivity contribution in [3.05, 3.63) is 53.0 Å². The molecule has 1 aliphatic heterocycles. The van der Waals surface area contributed by atoms with Crippen molar-refractivity contribution in [1.82, 2.24) is 20.2 Å². The first kappa shape index (κ1) is 20.1. The molecule has 2 aromatic rings. The number of thioether (sulfide) groups is 1. The zero-order valence-corrected chi connectivity index (χ0v) is 17.1. The number of hydrogen-bond donors (Lipinski definition) is 2. The summed E-state index contributed by atoms with van der Waals surface area (Å²) in [5, 5.41) is 2.83. The van der Waals surface area contributed by atoms with Crippen LogP contribution in [0.3, 0.4) is 0 Å². The predicted molar refractivity (Wildman–Crippen MR) is 113 cm³/mol. The molecule has 7 nitrogen and oxygen atoms in total. The zero-order valence-electron chi connectivity index (χ0n) is 15.5. The highest BCUT2D eigenvalue weighted by atomic mass is 32.2. The maximum Gasteiger partial charge on any atom is 0.266 e. The minimum atomic E-state index is -0.696. The van der Waals surface area contributed by atoms with Gasteiger partial charge in [-0.15, -0.1) is 0 Å². The number of thiocarbonyl (C=S) groups is 1. The summed E-state index contributed by atoms with van der Waals surface area (Å²) in [6, 6.07) is 6.71. The molecule has 0 aliphatic carbocycles. The van der Waals surface area contributed by atoms with Gasteiger partial charge >= 0.3 is 0 Å². The molecule has 1 saturated heterocycles. The van der Waals surface area contributed by atoms with Crippen LogP contribution < -0.4 is 10.1 Å². The van der Waals surface area contributed by atoms with Crippen LogP contribution >= 0.6 is 24.0 Å². The van der Waals surface area contributed by atoms with E-state index in [1.807, 2.05) is 24.3 Å². The number of aromatic amines is 1. The Balaban J connectivity index is 1.66. The number of imidazole rings is 1. The monoisotopic (exact) mass is 416 g/mol. The van der Waals surface area contributed by atoms with Crippen molar-refractivity contribution < 1.29 is 14.3 Å². The Morgan fingerprint density at radius 1 is 1.46 bits per heavy atom. The Kier molecular flexibility index (Phi) is 6.48. The quantitative estimate of drug-likeness (QED) is 0.532. The number of nitrogens with one attached hydrogen (secondary N) is 2. The first-order valence-corrected chi connectivity index (χ1v) is 9.88. The molecule has 0 saturated carbocycles. The Morgan fingerprint density at radius 3 is 2.96 bits per heavy atom. The molecule has 146 valence electrons. The third kappa shape index (κ3) is 4.42. The van der Waals surface area contributed by atoms with Crippen molar-refractivity contribution in [2.75, 3.05) is 13.7 Å². The fourth-order valence-electron chi connectivity index (χ4n) is 2.75. The average Bonchev–Trinajstić information content (AvgIpc) is 3.30. The lowest BCUT2D eigenvalue weighted by Crippen LogP contribution is -2.47. The number of carbonyl (C=O) groups excluding carboxylic acids is 2. The van der Waals surface area contributed by atoms with Crippen LogP contribution in [-0.2, 0) is 16.0 Å². The van der Waals surface area contributed by atoms with Crippen LogP contribution in [0, 0.1) is 0 Å². The van der Waals surface area contributed by atoms with Gasteiger partial charge < -0.3 is 15.0 Å². The summed E-state index contributed by atoms with van der Waals surface area (Å²) in [5.41, 5.74) is 1.71. The molecule has 1 aliphatic rings. The normalized spacial score (nSPS) is 16.5. The molecule has 2 N–H and O–H groups in total. The van der Waals surface area contributed by atoms with Gasteiger partial charge in [-0.3, -0.25) is 14.5 Å². The van der Waals surface area contributed by atoms with E-state index >= 15 is 0 Å². The van der Waals surface area contributed by atoms with E-state index in [2.05, 4.69) is 15.3 Å². The van der Waals surface area contributed by atoms with Crippen molar-refractivity contribution in [1.29, 1.82) is 0 Å². The van der Waals surface area contributed by atoms with Gasteiger partial charge in [0.05, 0.1) is 18.3 Å². The number of benzene rings is 1. The second-order valence-electron chi connectivity index (χ2n) is 6.09. The van der Waals surface area contributed by atoms with Crippen molar-refractivity contribution in [2.45, 2.75) is 19.4 Å². The predicted octanol–water partition coefficient (Wildman–Crippen LogP) is 2.37. The standard InChI is InChI=1S/C19H20N4O3S2/c1-12(17(24)21-8-7-14-10-20-11-22-14)23-18(25)16(28-19(23)27)9-13-5-3-4-6-15(13)26-2/h3-6,9-12H,7-8H2,1-2H3,(H,20,22)(H,21,24)/b16-9-/t12-/m0/s1. The first-order chi connectivity index (χ1) is 13.5. The van der Waals surface area contributed by atoms with Crippen molar-refractivity contribution in [3.8, 4) is 5.75 Å². The Morgan fingerprint density at radius 2 is 2.25 bits per heavy atom. The van der Waals surface area contributed by atoms with Crippen molar-refractivity contribution in [2.24, 2.45) is 0 Å². The van der Waals surface area contributed by atoms with Gasteiger partial charge in [0.15, 0.2) is 0 Å². The van der Waals surface area contributed by atoms with Crippen LogP contribution in [0.15, 0.2) is 41.7 Å². The number of amides is 2. The Hall–Kier alpha value is -2.65. The molecule has 0 spiro atoms. The van der Waals surface area contributed by atoms with Crippen LogP contribution in [-0.4, -0.2) is 50.7 Å². The molecule has 0 radical (unpaired) electrons. The topological polar surface area (TPSA) is 87.3 Å². The van der Waals surface area contributed by atoms with Crippen molar-refractivity contribution in [3.63, 3.8) is 0 Å². The van der Waals surface area contributed by atoms with E-state index in [9.17, 15) is 9.59 Å². The van der Waals surface area contributed by atoms with Gasteiger partial charge in [0.1, 0.15) is 16.1 Å². The fourth-order valence-corrected chi connectivity index (χ4v) is 4.16. The SMILES string of the molecule is COc1ccccc1/C=C1\SC(=S)N([C@@H](C)C(=O)NCCc2cnc[nH]2)C1=O. The summed E-state index contributed by atoms with van der Waals surface area (Å²) >= 11 is 6.53. The molecule has 0 bridgehead atoms. The highest BCUT2D eigenvalue weighted by Gasteiger charge is 2.38. The van der Waals surface area contributed by atoms with E-state index in [4.69, 9.17) is 17.0 Å². The summed E-state index contributed by atoms with van der Waals surface area (Å²) in [7, 11) is 1.58. The second kappa shape index (κ2) is 9.03. The number of ether oxygens (including phenoxy) is 1. The number of carbonyl (C=O) groups is 2. The van der Waals surface area contributed by atoms with E-state index in [-0.39, 0.29) is 11.8 Å². The summed E-state index contributed by atoms with van der Waals surface area (Å²) < 4.78 is 5.69. The fraction of sp³-hybridized carbons (Fsp3) is 0.263. The average molecular weight is 417 g/mol. The van der Waals surface area contributed by atoms with Gasteiger partial charge in [0.2, 0.25) is 5.91 Å². The summed E-state index contributed by atoms with van der Waals surface area (Å²) in [5.74, 6) is 0.129. The van der Waals surface area contributed by atoms with Gasteiger partial charge in [-0.05, 0) is 19.1 Å². The largest absolute Gasteiger partial charge is 0.496 e. The third-order valence-electron chi connectivity index (χ3n) is 4.26. The first-order valence-electron chi connectivity index (χ1n) is 8.66. The number of nitrogens with zero attached hydrogens (tertiary/aromatic N) is 2. The maximum absolute atomic E-state index is 12.8. The van der Waals surface area contributed by atoms with Crippen LogP contribution in [0.4, 0.5) is 0 Å². The maximum atomic E-state index is 12.8. The van der Waals surface area contributed by atoms with E-state index in [1.165, 1.54) is 16.7 Å². The third-order valence-corrected chi connectivity index (χ3v) is 5.59. The lowest BCUT2D eigenvalue weighted by atomic mass is 10.1. The molecule has 9 heteroatoms. The number of hydrogen-bond acceptors (Lipinski definition) is 6. The summed E-state index contributed by atoms with van der Waals surface area (Å²) in [6.07, 6.45) is 5.67. The van der Waals surface area contributed by atoms with Gasteiger partial charge in [-0.1, -0.05) is 42.2 Å². The van der Waals surface area contributed by atoms with Crippen LogP contribution in [0.1, 0.15) is 18.2 Å². The van der Waals surface area contributed by atoms with E-state index in [0.717, 1.165) is 11.3 Å². The second-order valence-corrected chi connectivity index (χ2v) is 7.76. The molecule has 1 aromatic heterocycles. The molecular weight excluding hydrogens is 396 g/mol. The highest BCUT2D eigenvalue weighted by molar-refractivity contribution is 8.26. The van der Waals surface area contributed by atoms with Crippen LogP contribution in [0.5, 0.6) is 5.75 Å². The number of aromatic nitrogens is 2. The Bertz CT molecular complexity index is 912. The molecule has 2 amide bonds. The molecule has 0 unspecified atom stereocenters. The van der Waals surface area contributed by atoms with E-state index in [0.29, 0.717) is 27.9 Å². The smallest absolute Gasteiger partial charge is 0.266 e. The zero-order chi connectivity index (χ0) is 20.1. The minimum absolute atomic E-state index is 0.255. The number of methoxy groups -OCH3 is 1. The lowest BCUT2D eigenvalue weighted by Gasteiger charge is -2.22. The Labute approximate surface area is 172 Å². The van der Waals surface area contributed by atoms with Crippen LogP contribution in [0.2, 0.25) is 0 Å². The molecule has 28 heavy (non-hydrogen) atoms. The van der Waals surface area contributed by atoms with Gasteiger partial charge in [0.25, 0.3) is 5.91 Å². The van der Waals surface area contributed by atoms with Crippen LogP contribution in [0.25, 0.3) is 6.08 Å². The molecular formula is C19H20N4O3S2. The molecule has 2 heterocycles. The molecule has 3 rings (SSSR count). The summed E-state index contributed by atoms with van der Waals surface area (Å²) in [4.78, 5) is 34.1. The number of rotatable bonds is 7. The van der Waals surface area contributed by atoms with E-state index in [1.54, 1.807) is 32.6 Å². The highest BCUT2D eigenvalue weighted by Crippen LogP contribution is 2.35. The van der Waals surface area contributed by atoms with Crippen molar-refractivity contribution >= 4 is 46.2 Å². The van der Waals surface area contributed by atoms with E-state index < -0.39 is 6.04 Å². The lowest BCUT2D eigenvalue weighted by molar-refractivity contribution is -0.132. The van der Waals surface area contributed by atoms with Gasteiger partial charge in [-0.2, -0.15) is 0 Å². The number of H-pyrrole nitrogens is 1. The molecule has 1 fully saturated rings. The summed E-state index contributed by atoms with van der Waals surface area (Å²) in [6.45, 7) is 2.11. The van der Waals surface area contributed by atoms with Gasteiger partial charge in [-0.25, -0.2) is 4.98 Å². The number of para-hydroxylation sites is 1. The molecule has 1 aromatic carbocycles. The van der Waals surface area contributed by atoms with Gasteiger partial charge in [0, 0.05) is 30.4 Å². The molecule has 1 atom stereocenters.